The Labute approximate surface area is 135 Å². The van der Waals surface area contributed by atoms with Crippen LogP contribution in [0.4, 0.5) is 5.69 Å². The Kier molecular flexibility index (Phi) is 5.52. The van der Waals surface area contributed by atoms with E-state index in [9.17, 15) is 4.79 Å². The van der Waals surface area contributed by atoms with E-state index in [1.165, 1.54) is 0 Å². The number of hydrogen-bond acceptors (Lipinski definition) is 4. The van der Waals surface area contributed by atoms with E-state index in [0.29, 0.717) is 29.3 Å². The van der Waals surface area contributed by atoms with Crippen molar-refractivity contribution in [2.24, 2.45) is 5.10 Å². The van der Waals surface area contributed by atoms with E-state index >= 15 is 0 Å². The van der Waals surface area contributed by atoms with Gasteiger partial charge in [-0.2, -0.15) is 5.10 Å². The van der Waals surface area contributed by atoms with E-state index in [-0.39, 0.29) is 5.91 Å². The molecule has 0 aliphatic rings. The summed E-state index contributed by atoms with van der Waals surface area (Å²) in [7, 11) is 0. The summed E-state index contributed by atoms with van der Waals surface area (Å²) in [4.78, 5) is 12.3. The van der Waals surface area contributed by atoms with Gasteiger partial charge < -0.3 is 10.5 Å². The van der Waals surface area contributed by atoms with E-state index < -0.39 is 0 Å². The summed E-state index contributed by atoms with van der Waals surface area (Å²) in [6, 6.07) is 14.3. The molecule has 23 heavy (non-hydrogen) atoms. The maximum Gasteiger partial charge on any atom is 0.275 e. The molecule has 2 aromatic carbocycles. The van der Waals surface area contributed by atoms with Crippen molar-refractivity contribution in [3.8, 4) is 5.75 Å². The van der Waals surface area contributed by atoms with Crippen molar-refractivity contribution in [3.05, 3.63) is 72.3 Å². The summed E-state index contributed by atoms with van der Waals surface area (Å²) in [6.45, 7) is 5.72. The first-order valence-electron chi connectivity index (χ1n) is 7.15. The summed E-state index contributed by atoms with van der Waals surface area (Å²) in [6.07, 6.45) is 1.62. The Balaban J connectivity index is 2.13. The van der Waals surface area contributed by atoms with Crippen LogP contribution in [0.5, 0.6) is 5.75 Å². The summed E-state index contributed by atoms with van der Waals surface area (Å²) in [5.41, 5.74) is 10.8. The highest BCUT2D eigenvalue weighted by Crippen LogP contribution is 2.17. The predicted molar refractivity (Wildman–Crippen MR) is 92.7 cm³/mol. The van der Waals surface area contributed by atoms with Gasteiger partial charge in [0.2, 0.25) is 0 Å². The van der Waals surface area contributed by atoms with E-state index in [0.717, 1.165) is 5.56 Å². The highest BCUT2D eigenvalue weighted by molar-refractivity contribution is 6.02. The predicted octanol–water partition coefficient (Wildman–Crippen LogP) is 2.99. The van der Waals surface area contributed by atoms with Gasteiger partial charge in [-0.25, -0.2) is 5.43 Å². The molecule has 5 nitrogen and oxygen atoms in total. The molecule has 0 heterocycles. The number of nitrogens with one attached hydrogen (secondary N) is 1. The maximum atomic E-state index is 12.3. The van der Waals surface area contributed by atoms with Crippen molar-refractivity contribution >= 4 is 17.3 Å². The van der Waals surface area contributed by atoms with Crippen molar-refractivity contribution in [1.82, 2.24) is 5.43 Å². The number of para-hydroxylation sites is 1. The van der Waals surface area contributed by atoms with Crippen molar-refractivity contribution < 1.29 is 9.53 Å². The van der Waals surface area contributed by atoms with Crippen LogP contribution >= 0.6 is 0 Å². The number of anilines is 1. The molecule has 0 saturated carbocycles. The minimum Gasteiger partial charge on any atom is -0.489 e. The van der Waals surface area contributed by atoms with Crippen LogP contribution in [0, 0.1) is 0 Å². The summed E-state index contributed by atoms with van der Waals surface area (Å²) in [5.74, 6) is 0.148. The van der Waals surface area contributed by atoms with Crippen molar-refractivity contribution in [2.75, 3.05) is 12.3 Å². The molecule has 2 aromatic rings. The molecular weight excluding hydrogens is 290 g/mol. The van der Waals surface area contributed by atoms with E-state index in [4.69, 9.17) is 10.5 Å². The Hall–Kier alpha value is -3.08. The summed E-state index contributed by atoms with van der Waals surface area (Å²) in [5, 5.41) is 4.12. The zero-order valence-electron chi connectivity index (χ0n) is 13.0. The van der Waals surface area contributed by atoms with Crippen molar-refractivity contribution in [1.29, 1.82) is 0 Å². The second kappa shape index (κ2) is 7.79. The molecule has 3 N–H and O–H groups in total. The van der Waals surface area contributed by atoms with Gasteiger partial charge in [-0.15, -0.1) is 0 Å². The fourth-order valence-electron chi connectivity index (χ4n) is 1.95. The zero-order valence-corrected chi connectivity index (χ0v) is 13.0. The molecule has 0 radical (unpaired) electrons. The number of hydrazone groups is 1. The monoisotopic (exact) mass is 309 g/mol. The lowest BCUT2D eigenvalue weighted by Crippen LogP contribution is -2.20. The number of benzene rings is 2. The summed E-state index contributed by atoms with van der Waals surface area (Å²) < 4.78 is 5.47. The topological polar surface area (TPSA) is 76.7 Å². The second-order valence-electron chi connectivity index (χ2n) is 4.86. The standard InChI is InChI=1S/C18H19N3O2/c1-3-11-23-17-10-5-4-9-16(17)18(22)21-20-13(2)14-7-6-8-15(19)12-14/h3-10,12H,1,11,19H2,2H3,(H,21,22)/b20-13+. The third-order valence-electron chi connectivity index (χ3n) is 3.12. The molecule has 0 aliphatic heterocycles. The molecule has 0 unspecified atom stereocenters. The first-order valence-corrected chi connectivity index (χ1v) is 7.15. The van der Waals surface area contributed by atoms with Gasteiger partial charge in [-0.1, -0.05) is 36.9 Å². The second-order valence-corrected chi connectivity index (χ2v) is 4.86. The maximum absolute atomic E-state index is 12.3. The molecule has 0 aromatic heterocycles. The number of nitrogens with two attached hydrogens (primary N) is 1. The first kappa shape index (κ1) is 16.3. The Morgan fingerprint density at radius 1 is 1.30 bits per heavy atom. The van der Waals surface area contributed by atoms with Crippen LogP contribution in [0.25, 0.3) is 0 Å². The van der Waals surface area contributed by atoms with Crippen LogP contribution in [0.15, 0.2) is 66.3 Å². The molecule has 0 saturated heterocycles. The van der Waals surface area contributed by atoms with Crippen LogP contribution in [0.2, 0.25) is 0 Å². The van der Waals surface area contributed by atoms with Gasteiger partial charge in [0.05, 0.1) is 11.3 Å². The molecule has 118 valence electrons. The Morgan fingerprint density at radius 3 is 2.83 bits per heavy atom. The van der Waals surface area contributed by atoms with Gasteiger partial charge in [0.15, 0.2) is 0 Å². The molecule has 2 rings (SSSR count). The minimum absolute atomic E-state index is 0.329. The van der Waals surface area contributed by atoms with Crippen molar-refractivity contribution in [2.45, 2.75) is 6.92 Å². The number of amides is 1. The van der Waals surface area contributed by atoms with Crippen LogP contribution < -0.4 is 15.9 Å². The number of nitrogens with zero attached hydrogens (tertiary/aromatic N) is 1. The molecule has 0 fully saturated rings. The number of carbonyl (C=O) groups excluding carboxylic acids is 1. The number of nitrogen functional groups attached to an aromatic ring is 1. The molecule has 0 aliphatic carbocycles. The SMILES string of the molecule is C=CCOc1ccccc1C(=O)N/N=C(\C)c1cccc(N)c1. The van der Waals surface area contributed by atoms with Crippen LogP contribution in [0.3, 0.4) is 0 Å². The van der Waals surface area contributed by atoms with Gasteiger partial charge >= 0.3 is 0 Å². The lowest BCUT2D eigenvalue weighted by molar-refractivity contribution is 0.0951. The minimum atomic E-state index is -0.340. The van der Waals surface area contributed by atoms with Crippen molar-refractivity contribution in [3.63, 3.8) is 0 Å². The lowest BCUT2D eigenvalue weighted by Gasteiger charge is -2.09. The molecular formula is C18H19N3O2. The number of ether oxygens (including phenoxy) is 1. The van der Waals surface area contributed by atoms with E-state index in [1.807, 2.05) is 12.1 Å². The molecule has 0 spiro atoms. The smallest absolute Gasteiger partial charge is 0.275 e. The average molecular weight is 309 g/mol. The normalized spacial score (nSPS) is 10.9. The quantitative estimate of drug-likeness (QED) is 0.373. The lowest BCUT2D eigenvalue weighted by atomic mass is 10.1. The fraction of sp³-hybridized carbons (Fsp3) is 0.111. The Bertz CT molecular complexity index is 739. The molecule has 1 amide bonds. The molecule has 0 bridgehead atoms. The third-order valence-corrected chi connectivity index (χ3v) is 3.12. The van der Waals surface area contributed by atoms with Crippen LogP contribution in [-0.4, -0.2) is 18.2 Å². The van der Waals surface area contributed by atoms with Gasteiger partial charge in [-0.05, 0) is 36.8 Å². The third kappa shape index (κ3) is 4.44. The zero-order chi connectivity index (χ0) is 16.7. The van der Waals surface area contributed by atoms with Crippen LogP contribution in [0.1, 0.15) is 22.8 Å². The largest absolute Gasteiger partial charge is 0.489 e. The van der Waals surface area contributed by atoms with Crippen LogP contribution in [-0.2, 0) is 0 Å². The average Bonchev–Trinajstić information content (AvgIpc) is 2.57. The number of carbonyl (C=O) groups is 1. The van der Waals surface area contributed by atoms with Gasteiger partial charge in [0.25, 0.3) is 5.91 Å². The first-order chi connectivity index (χ1) is 11.1. The van der Waals surface area contributed by atoms with E-state index in [1.54, 1.807) is 49.4 Å². The molecule has 0 atom stereocenters. The van der Waals surface area contributed by atoms with Gasteiger partial charge in [0, 0.05) is 5.69 Å². The van der Waals surface area contributed by atoms with Gasteiger partial charge in [-0.3, -0.25) is 4.79 Å². The number of hydrogen-bond donors (Lipinski definition) is 2. The van der Waals surface area contributed by atoms with E-state index in [2.05, 4.69) is 17.1 Å². The van der Waals surface area contributed by atoms with Gasteiger partial charge in [0.1, 0.15) is 12.4 Å². The molecule has 5 heteroatoms. The fourth-order valence-corrected chi connectivity index (χ4v) is 1.95. The Morgan fingerprint density at radius 2 is 2.09 bits per heavy atom. The highest BCUT2D eigenvalue weighted by Gasteiger charge is 2.11. The highest BCUT2D eigenvalue weighted by atomic mass is 16.5. The number of rotatable bonds is 6. The summed E-state index contributed by atoms with van der Waals surface area (Å²) >= 11 is 0.